The average molecular weight is 371 g/mol. The van der Waals surface area contributed by atoms with Gasteiger partial charge in [0.05, 0.1) is 17.0 Å². The summed E-state index contributed by atoms with van der Waals surface area (Å²) in [6.07, 6.45) is -3.05. The van der Waals surface area contributed by atoms with Gasteiger partial charge in [-0.25, -0.2) is 0 Å². The van der Waals surface area contributed by atoms with E-state index >= 15 is 0 Å². The minimum Gasteiger partial charge on any atom is -0.389 e. The Hall–Kier alpha value is 1.32. The van der Waals surface area contributed by atoms with Gasteiger partial charge in [-0.2, -0.15) is 0 Å². The molecule has 0 saturated heterocycles. The summed E-state index contributed by atoms with van der Waals surface area (Å²) < 4.78 is 0. The molecule has 6 heteroatoms. The number of aliphatic hydroxyl groups is 3. The highest BCUT2D eigenvalue weighted by Crippen LogP contribution is 2.15. The topological polar surface area (TPSA) is 60.7 Å². The number of alkyl halides is 3. The SMILES string of the molecule is O[C@@H]([C@H](O)[C@H](Br)CBr)[C@H](O)CBr. The van der Waals surface area contributed by atoms with Crippen molar-refractivity contribution in [1.82, 2.24) is 0 Å². The maximum absolute atomic E-state index is 9.38. The Kier molecular flexibility index (Phi) is 7.47. The summed E-state index contributed by atoms with van der Waals surface area (Å²) >= 11 is 9.31. The van der Waals surface area contributed by atoms with E-state index in [1.807, 2.05) is 0 Å². The maximum atomic E-state index is 9.38. The highest BCUT2D eigenvalue weighted by atomic mass is 79.9. The number of hydrogen-bond acceptors (Lipinski definition) is 3. The normalized spacial score (nSPS) is 21.5. The number of aliphatic hydroxyl groups excluding tert-OH is 3. The molecule has 0 aliphatic carbocycles. The van der Waals surface area contributed by atoms with Crippen LogP contribution < -0.4 is 0 Å². The van der Waals surface area contributed by atoms with E-state index in [1.54, 1.807) is 0 Å². The molecule has 0 aliphatic heterocycles. The molecule has 74 valence electrons. The molecule has 0 aromatic carbocycles. The minimum atomic E-state index is -1.13. The minimum absolute atomic E-state index is 0.243. The second-order valence-corrected chi connectivity index (χ2v) is 4.84. The van der Waals surface area contributed by atoms with Crippen LogP contribution in [0.1, 0.15) is 0 Å². The molecule has 4 atom stereocenters. The Bertz CT molecular complexity index is 111. The third-order valence-corrected chi connectivity index (χ3v) is 4.52. The van der Waals surface area contributed by atoms with Crippen LogP contribution in [0, 0.1) is 0 Å². The van der Waals surface area contributed by atoms with Gasteiger partial charge in [0.25, 0.3) is 0 Å². The highest BCUT2D eigenvalue weighted by Gasteiger charge is 2.28. The van der Waals surface area contributed by atoms with Gasteiger partial charge in [-0.3, -0.25) is 0 Å². The molecule has 0 aromatic rings. The maximum Gasteiger partial charge on any atom is 0.108 e. The van der Waals surface area contributed by atoms with Crippen LogP contribution in [-0.2, 0) is 0 Å². The summed E-state index contributed by atoms with van der Waals surface area (Å²) in [4.78, 5) is -0.263. The van der Waals surface area contributed by atoms with Crippen LogP contribution in [0.4, 0.5) is 0 Å². The van der Waals surface area contributed by atoms with Crippen molar-refractivity contribution >= 4 is 47.8 Å². The molecule has 12 heavy (non-hydrogen) atoms. The van der Waals surface area contributed by atoms with Crippen molar-refractivity contribution in [3.8, 4) is 0 Å². The third-order valence-electron chi connectivity index (χ3n) is 1.42. The van der Waals surface area contributed by atoms with Gasteiger partial charge in [0, 0.05) is 10.7 Å². The van der Waals surface area contributed by atoms with Crippen molar-refractivity contribution in [1.29, 1.82) is 0 Å². The molecular formula is C6H11Br3O3. The molecule has 0 amide bonds. The lowest BCUT2D eigenvalue weighted by atomic mass is 10.1. The van der Waals surface area contributed by atoms with Crippen molar-refractivity contribution in [2.75, 3.05) is 10.7 Å². The van der Waals surface area contributed by atoms with Gasteiger partial charge in [-0.1, -0.05) is 47.8 Å². The molecule has 0 aromatic heterocycles. The molecule has 0 unspecified atom stereocenters. The molecular weight excluding hydrogens is 360 g/mol. The van der Waals surface area contributed by atoms with Crippen LogP contribution >= 0.6 is 47.8 Å². The second-order valence-electron chi connectivity index (χ2n) is 2.37. The average Bonchev–Trinajstić information content (AvgIpc) is 2.12. The first kappa shape index (κ1) is 13.3. The van der Waals surface area contributed by atoms with Crippen molar-refractivity contribution in [2.45, 2.75) is 23.1 Å². The summed E-state index contributed by atoms with van der Waals surface area (Å²) in [7, 11) is 0. The molecule has 0 radical (unpaired) electrons. The summed E-state index contributed by atoms with van der Waals surface area (Å²) in [5, 5.41) is 28.6. The molecule has 0 fully saturated rings. The summed E-state index contributed by atoms with van der Waals surface area (Å²) in [6.45, 7) is 0. The first-order chi connectivity index (χ1) is 5.54. The molecule has 0 bridgehead atoms. The van der Waals surface area contributed by atoms with Gasteiger partial charge in [-0.15, -0.1) is 0 Å². The fourth-order valence-electron chi connectivity index (χ4n) is 0.624. The standard InChI is InChI=1S/C6H11Br3O3/c7-1-3(9)5(11)6(12)4(10)2-8/h3-6,10-12H,1-2H2/t3-,4-,5-,6-/m1/s1. The Morgan fingerprint density at radius 1 is 0.917 bits per heavy atom. The summed E-state index contributed by atoms with van der Waals surface area (Å²) in [6, 6.07) is 0. The number of rotatable bonds is 5. The first-order valence-electron chi connectivity index (χ1n) is 3.34. The lowest BCUT2D eigenvalue weighted by Crippen LogP contribution is -2.43. The predicted octanol–water partition coefficient (Wildman–Crippen LogP) is 0.622. The molecule has 0 rings (SSSR count). The van der Waals surface area contributed by atoms with Gasteiger partial charge < -0.3 is 15.3 Å². The van der Waals surface area contributed by atoms with Gasteiger partial charge in [0.1, 0.15) is 6.10 Å². The second kappa shape index (κ2) is 6.73. The zero-order valence-corrected chi connectivity index (χ0v) is 11.0. The molecule has 3 N–H and O–H groups in total. The fourth-order valence-corrected chi connectivity index (χ4v) is 1.70. The van der Waals surface area contributed by atoms with E-state index in [4.69, 9.17) is 5.11 Å². The zero-order valence-electron chi connectivity index (χ0n) is 6.20. The smallest absolute Gasteiger partial charge is 0.108 e. The van der Waals surface area contributed by atoms with E-state index in [9.17, 15) is 10.2 Å². The van der Waals surface area contributed by atoms with Crippen LogP contribution in [0.5, 0.6) is 0 Å². The highest BCUT2D eigenvalue weighted by molar-refractivity contribution is 9.12. The van der Waals surface area contributed by atoms with Gasteiger partial charge in [0.2, 0.25) is 0 Å². The zero-order chi connectivity index (χ0) is 9.72. The Balaban J connectivity index is 3.99. The van der Waals surface area contributed by atoms with Crippen molar-refractivity contribution < 1.29 is 15.3 Å². The van der Waals surface area contributed by atoms with Crippen LogP contribution in [0.3, 0.4) is 0 Å². The quantitative estimate of drug-likeness (QED) is 0.622. The van der Waals surface area contributed by atoms with Gasteiger partial charge in [-0.05, 0) is 0 Å². The first-order valence-corrected chi connectivity index (χ1v) is 6.50. The Labute approximate surface area is 96.5 Å². The summed E-state index contributed by atoms with van der Waals surface area (Å²) in [5.74, 6) is 0. The van der Waals surface area contributed by atoms with Gasteiger partial charge >= 0.3 is 0 Å². The van der Waals surface area contributed by atoms with Crippen LogP contribution in [0.2, 0.25) is 0 Å². The molecule has 0 heterocycles. The molecule has 0 aliphatic rings. The van der Waals surface area contributed by atoms with E-state index in [1.165, 1.54) is 0 Å². The van der Waals surface area contributed by atoms with Crippen molar-refractivity contribution in [2.24, 2.45) is 0 Å². The predicted molar refractivity (Wildman–Crippen MR) is 58.3 cm³/mol. The number of hydrogen-bond donors (Lipinski definition) is 3. The lowest BCUT2D eigenvalue weighted by Gasteiger charge is -2.24. The van der Waals surface area contributed by atoms with E-state index in [2.05, 4.69) is 47.8 Å². The lowest BCUT2D eigenvalue weighted by molar-refractivity contribution is -0.0468. The molecule has 3 nitrogen and oxygen atoms in total. The van der Waals surface area contributed by atoms with Crippen molar-refractivity contribution in [3.63, 3.8) is 0 Å². The summed E-state index contributed by atoms with van der Waals surface area (Å²) in [5.41, 5.74) is 0. The van der Waals surface area contributed by atoms with Crippen LogP contribution in [-0.4, -0.2) is 49.1 Å². The Morgan fingerprint density at radius 2 is 1.42 bits per heavy atom. The van der Waals surface area contributed by atoms with Crippen LogP contribution in [0.25, 0.3) is 0 Å². The molecule has 0 spiro atoms. The van der Waals surface area contributed by atoms with Crippen LogP contribution in [0.15, 0.2) is 0 Å². The number of halogens is 3. The van der Waals surface area contributed by atoms with Crippen molar-refractivity contribution in [3.05, 3.63) is 0 Å². The van der Waals surface area contributed by atoms with E-state index in [-0.39, 0.29) is 10.2 Å². The van der Waals surface area contributed by atoms with E-state index < -0.39 is 18.3 Å². The third kappa shape index (κ3) is 4.02. The Morgan fingerprint density at radius 3 is 1.75 bits per heavy atom. The molecule has 0 saturated carbocycles. The van der Waals surface area contributed by atoms with E-state index in [0.717, 1.165) is 0 Å². The van der Waals surface area contributed by atoms with E-state index in [0.29, 0.717) is 5.33 Å². The largest absolute Gasteiger partial charge is 0.389 e. The fraction of sp³-hybridized carbons (Fsp3) is 1.00. The van der Waals surface area contributed by atoms with Gasteiger partial charge in [0.15, 0.2) is 0 Å². The monoisotopic (exact) mass is 368 g/mol.